The van der Waals surface area contributed by atoms with Crippen LogP contribution in [0.5, 0.6) is 0 Å². The Labute approximate surface area is 96.8 Å². The van der Waals surface area contributed by atoms with Gasteiger partial charge in [0.05, 0.1) is 5.52 Å². The Hall–Kier alpha value is -0.550. The maximum atomic E-state index is 12.8. The number of rotatable bonds is 1. The number of fused-ring (bicyclic) bond motifs is 1. The van der Waals surface area contributed by atoms with Gasteiger partial charge in [-0.05, 0) is 17.7 Å². The van der Waals surface area contributed by atoms with Crippen molar-refractivity contribution in [3.63, 3.8) is 0 Å². The summed E-state index contributed by atoms with van der Waals surface area (Å²) in [5, 5.41) is 1.47. The average Bonchev–Trinajstić information content (AvgIpc) is 2.17. The quantitative estimate of drug-likeness (QED) is 0.594. The second-order valence-electron chi connectivity index (χ2n) is 2.78. The van der Waals surface area contributed by atoms with Gasteiger partial charge in [-0.2, -0.15) is 4.39 Å². The fourth-order valence-corrected chi connectivity index (χ4v) is 2.21. The predicted octanol–water partition coefficient (Wildman–Crippen LogP) is 3.43. The molecule has 1 aromatic heterocycles. The van der Waals surface area contributed by atoms with Crippen molar-refractivity contribution >= 4 is 42.8 Å². The molecule has 0 atom stereocenters. The third-order valence-electron chi connectivity index (χ3n) is 1.84. The summed E-state index contributed by atoms with van der Waals surface area (Å²) in [5.74, 6) is 0. The molecular formula is C9H5Br2FN2. The molecule has 0 aliphatic rings. The summed E-state index contributed by atoms with van der Waals surface area (Å²) < 4.78 is 13.7. The monoisotopic (exact) mass is 318 g/mol. The average molecular weight is 320 g/mol. The van der Waals surface area contributed by atoms with Gasteiger partial charge in [0.25, 0.3) is 0 Å². The van der Waals surface area contributed by atoms with E-state index in [2.05, 4.69) is 41.8 Å². The van der Waals surface area contributed by atoms with Crippen molar-refractivity contribution in [2.75, 3.05) is 0 Å². The van der Waals surface area contributed by atoms with Crippen molar-refractivity contribution in [3.8, 4) is 0 Å². The van der Waals surface area contributed by atoms with Crippen molar-refractivity contribution in [2.24, 2.45) is 0 Å². The van der Waals surface area contributed by atoms with E-state index >= 15 is 0 Å². The standard InChI is InChI=1S/C9H5Br2FN2/c10-3-5-1-7(11)2-6-4-13-9(12)14-8(5)6/h1-2,4H,3H2. The van der Waals surface area contributed by atoms with Crippen LogP contribution in [0.15, 0.2) is 22.8 Å². The van der Waals surface area contributed by atoms with E-state index in [0.717, 1.165) is 15.4 Å². The first-order valence-electron chi connectivity index (χ1n) is 3.87. The van der Waals surface area contributed by atoms with Crippen LogP contribution in [-0.4, -0.2) is 9.97 Å². The SMILES string of the molecule is Fc1ncc2cc(Br)cc(CBr)c2n1. The number of aromatic nitrogens is 2. The van der Waals surface area contributed by atoms with Gasteiger partial charge in [-0.3, -0.25) is 0 Å². The summed E-state index contributed by atoms with van der Waals surface area (Å²) in [4.78, 5) is 7.27. The van der Waals surface area contributed by atoms with Crippen LogP contribution in [0, 0.1) is 6.08 Å². The number of hydrogen-bond donors (Lipinski definition) is 0. The summed E-state index contributed by atoms with van der Waals surface area (Å²) in [6.45, 7) is 0. The highest BCUT2D eigenvalue weighted by molar-refractivity contribution is 9.10. The van der Waals surface area contributed by atoms with E-state index < -0.39 is 6.08 Å². The highest BCUT2D eigenvalue weighted by atomic mass is 79.9. The fraction of sp³-hybridized carbons (Fsp3) is 0.111. The zero-order valence-electron chi connectivity index (χ0n) is 6.97. The summed E-state index contributed by atoms with van der Waals surface area (Å²) in [5.41, 5.74) is 1.59. The molecule has 0 unspecified atom stereocenters. The van der Waals surface area contributed by atoms with Crippen molar-refractivity contribution in [3.05, 3.63) is 34.4 Å². The van der Waals surface area contributed by atoms with Crippen molar-refractivity contribution in [2.45, 2.75) is 5.33 Å². The molecule has 0 fully saturated rings. The van der Waals surface area contributed by atoms with Gasteiger partial charge in [-0.25, -0.2) is 9.97 Å². The Balaban J connectivity index is 2.81. The smallest absolute Gasteiger partial charge is 0.210 e. The van der Waals surface area contributed by atoms with Crippen molar-refractivity contribution in [1.82, 2.24) is 9.97 Å². The number of alkyl halides is 1. The van der Waals surface area contributed by atoms with E-state index in [9.17, 15) is 4.39 Å². The molecular weight excluding hydrogens is 315 g/mol. The summed E-state index contributed by atoms with van der Waals surface area (Å²) in [6.07, 6.45) is 0.788. The molecule has 2 aromatic rings. The van der Waals surface area contributed by atoms with Gasteiger partial charge in [0.15, 0.2) is 0 Å². The molecule has 0 spiro atoms. The lowest BCUT2D eigenvalue weighted by Gasteiger charge is -2.03. The van der Waals surface area contributed by atoms with E-state index in [1.807, 2.05) is 12.1 Å². The minimum absolute atomic E-state index is 0.638. The van der Waals surface area contributed by atoms with Crippen LogP contribution >= 0.6 is 31.9 Å². The second kappa shape index (κ2) is 3.90. The largest absolute Gasteiger partial charge is 0.309 e. The number of hydrogen-bond acceptors (Lipinski definition) is 2. The van der Waals surface area contributed by atoms with Gasteiger partial charge in [0, 0.05) is 21.4 Å². The number of halogens is 3. The Morgan fingerprint density at radius 1 is 1.36 bits per heavy atom. The third kappa shape index (κ3) is 1.79. The highest BCUT2D eigenvalue weighted by Crippen LogP contribution is 2.23. The molecule has 0 saturated heterocycles. The third-order valence-corrected chi connectivity index (χ3v) is 2.90. The molecule has 2 nitrogen and oxygen atoms in total. The van der Waals surface area contributed by atoms with Crippen LogP contribution < -0.4 is 0 Å². The Morgan fingerprint density at radius 3 is 2.86 bits per heavy atom. The first-order valence-corrected chi connectivity index (χ1v) is 5.79. The topological polar surface area (TPSA) is 25.8 Å². The molecule has 14 heavy (non-hydrogen) atoms. The van der Waals surface area contributed by atoms with Crippen LogP contribution in [0.3, 0.4) is 0 Å². The molecule has 0 bridgehead atoms. The van der Waals surface area contributed by atoms with E-state index in [1.165, 1.54) is 6.20 Å². The van der Waals surface area contributed by atoms with E-state index in [1.54, 1.807) is 0 Å². The van der Waals surface area contributed by atoms with Gasteiger partial charge < -0.3 is 0 Å². The molecule has 0 radical (unpaired) electrons. The minimum atomic E-state index is -0.693. The van der Waals surface area contributed by atoms with E-state index in [4.69, 9.17) is 0 Å². The Bertz CT molecular complexity index is 487. The first-order chi connectivity index (χ1) is 6.70. The van der Waals surface area contributed by atoms with Crippen LogP contribution in [0.1, 0.15) is 5.56 Å². The van der Waals surface area contributed by atoms with Crippen LogP contribution in [0.4, 0.5) is 4.39 Å². The van der Waals surface area contributed by atoms with Crippen LogP contribution in [-0.2, 0) is 5.33 Å². The van der Waals surface area contributed by atoms with Gasteiger partial charge >= 0.3 is 6.08 Å². The molecule has 2 rings (SSSR count). The van der Waals surface area contributed by atoms with Crippen molar-refractivity contribution < 1.29 is 4.39 Å². The van der Waals surface area contributed by atoms with Gasteiger partial charge in [-0.15, -0.1) is 0 Å². The molecule has 1 heterocycles. The number of nitrogens with zero attached hydrogens (tertiary/aromatic N) is 2. The zero-order chi connectivity index (χ0) is 10.1. The molecule has 0 N–H and O–H groups in total. The summed E-state index contributed by atoms with van der Waals surface area (Å²) in [6, 6.07) is 3.77. The van der Waals surface area contributed by atoms with Gasteiger partial charge in [0.1, 0.15) is 0 Å². The van der Waals surface area contributed by atoms with Crippen LogP contribution in [0.25, 0.3) is 10.9 Å². The zero-order valence-corrected chi connectivity index (χ0v) is 10.1. The fourth-order valence-electron chi connectivity index (χ4n) is 1.26. The molecule has 0 saturated carbocycles. The predicted molar refractivity (Wildman–Crippen MR) is 59.8 cm³/mol. The lowest BCUT2D eigenvalue weighted by molar-refractivity contribution is 0.544. The van der Waals surface area contributed by atoms with Crippen LogP contribution in [0.2, 0.25) is 0 Å². The summed E-state index contributed by atoms with van der Waals surface area (Å²) >= 11 is 6.71. The van der Waals surface area contributed by atoms with Gasteiger partial charge in [0.2, 0.25) is 0 Å². The summed E-state index contributed by atoms with van der Waals surface area (Å²) in [7, 11) is 0. The maximum Gasteiger partial charge on any atom is 0.309 e. The molecule has 0 aliphatic heterocycles. The van der Waals surface area contributed by atoms with E-state index in [0.29, 0.717) is 10.8 Å². The molecule has 0 amide bonds. The number of benzene rings is 1. The lowest BCUT2D eigenvalue weighted by Crippen LogP contribution is -1.92. The van der Waals surface area contributed by atoms with E-state index in [-0.39, 0.29) is 0 Å². The highest BCUT2D eigenvalue weighted by Gasteiger charge is 2.05. The molecule has 72 valence electrons. The maximum absolute atomic E-state index is 12.8. The molecule has 0 aliphatic carbocycles. The van der Waals surface area contributed by atoms with Gasteiger partial charge in [-0.1, -0.05) is 31.9 Å². The normalized spacial score (nSPS) is 10.8. The first kappa shape index (κ1) is 9.98. The molecule has 1 aromatic carbocycles. The Morgan fingerprint density at radius 2 is 2.14 bits per heavy atom. The lowest BCUT2D eigenvalue weighted by atomic mass is 10.1. The molecule has 5 heteroatoms. The van der Waals surface area contributed by atoms with Crippen molar-refractivity contribution in [1.29, 1.82) is 0 Å². The Kier molecular flexibility index (Phi) is 2.78. The minimum Gasteiger partial charge on any atom is -0.210 e. The second-order valence-corrected chi connectivity index (χ2v) is 4.25.